The van der Waals surface area contributed by atoms with Crippen LogP contribution in [-0.4, -0.2) is 4.98 Å². The van der Waals surface area contributed by atoms with Gasteiger partial charge in [0.05, 0.1) is 5.02 Å². The third kappa shape index (κ3) is 3.00. The molecule has 94 valence electrons. The monoisotopic (exact) mass is 262 g/mol. The second-order valence-corrected chi connectivity index (χ2v) is 4.66. The molecule has 0 unspecified atom stereocenters. The highest BCUT2D eigenvalue weighted by Gasteiger charge is 2.05. The molecular weight excluding hydrogens is 248 g/mol. The molecule has 1 aromatic heterocycles. The van der Waals surface area contributed by atoms with E-state index in [9.17, 15) is 0 Å². The van der Waals surface area contributed by atoms with Crippen LogP contribution >= 0.6 is 11.6 Å². The average molecular weight is 263 g/mol. The summed E-state index contributed by atoms with van der Waals surface area (Å²) < 4.78 is 5.64. The van der Waals surface area contributed by atoms with E-state index in [0.29, 0.717) is 16.7 Å². The highest BCUT2D eigenvalue weighted by atomic mass is 35.5. The van der Waals surface area contributed by atoms with Crippen LogP contribution in [0.5, 0.6) is 11.6 Å². The summed E-state index contributed by atoms with van der Waals surface area (Å²) in [6, 6.07) is 9.27. The number of rotatable bonds is 3. The molecule has 18 heavy (non-hydrogen) atoms. The number of nitrogens with two attached hydrogens (primary N) is 1. The first kappa shape index (κ1) is 12.9. The number of benzene rings is 1. The lowest BCUT2D eigenvalue weighted by Crippen LogP contribution is -2.05. The molecule has 2 rings (SSSR count). The minimum Gasteiger partial charge on any atom is -0.437 e. The Bertz CT molecular complexity index is 538. The van der Waals surface area contributed by atoms with Gasteiger partial charge in [-0.1, -0.05) is 23.7 Å². The van der Waals surface area contributed by atoms with Crippen LogP contribution in [0.4, 0.5) is 0 Å². The average Bonchev–Trinajstić information content (AvgIpc) is 2.34. The van der Waals surface area contributed by atoms with Gasteiger partial charge in [0.1, 0.15) is 5.75 Å². The number of hydrogen-bond acceptors (Lipinski definition) is 3. The summed E-state index contributed by atoms with van der Waals surface area (Å²) in [5.74, 6) is 1.12. The van der Waals surface area contributed by atoms with E-state index < -0.39 is 0 Å². The largest absolute Gasteiger partial charge is 0.437 e. The predicted octanol–water partition coefficient (Wildman–Crippen LogP) is 3.86. The van der Waals surface area contributed by atoms with Crippen LogP contribution in [0.1, 0.15) is 24.1 Å². The molecule has 0 saturated heterocycles. The molecular formula is C14H15ClN2O. The quantitative estimate of drug-likeness (QED) is 0.914. The van der Waals surface area contributed by atoms with Crippen molar-refractivity contribution in [2.75, 3.05) is 0 Å². The first-order valence-electron chi connectivity index (χ1n) is 5.72. The zero-order valence-corrected chi connectivity index (χ0v) is 11.1. The summed E-state index contributed by atoms with van der Waals surface area (Å²) in [5.41, 5.74) is 7.81. The maximum absolute atomic E-state index is 6.06. The van der Waals surface area contributed by atoms with Gasteiger partial charge in [0.15, 0.2) is 0 Å². The van der Waals surface area contributed by atoms with Gasteiger partial charge in [-0.15, -0.1) is 0 Å². The molecule has 1 heterocycles. The lowest BCUT2D eigenvalue weighted by atomic mass is 10.2. The van der Waals surface area contributed by atoms with Crippen molar-refractivity contribution in [3.05, 3.63) is 52.7 Å². The van der Waals surface area contributed by atoms with Crippen molar-refractivity contribution >= 4 is 11.6 Å². The molecule has 0 radical (unpaired) electrons. The first-order chi connectivity index (χ1) is 8.56. The van der Waals surface area contributed by atoms with E-state index in [1.54, 1.807) is 12.3 Å². The molecule has 0 bridgehead atoms. The van der Waals surface area contributed by atoms with Gasteiger partial charge in [-0.05, 0) is 37.1 Å². The van der Waals surface area contributed by atoms with Crippen molar-refractivity contribution in [2.24, 2.45) is 5.73 Å². The predicted molar refractivity (Wildman–Crippen MR) is 73.1 cm³/mol. The van der Waals surface area contributed by atoms with E-state index in [4.69, 9.17) is 22.1 Å². The first-order valence-corrected chi connectivity index (χ1v) is 6.09. The summed E-state index contributed by atoms with van der Waals surface area (Å²) in [4.78, 5) is 4.21. The van der Waals surface area contributed by atoms with Crippen molar-refractivity contribution in [3.63, 3.8) is 0 Å². The fourth-order valence-corrected chi connectivity index (χ4v) is 1.68. The molecule has 0 aliphatic carbocycles. The van der Waals surface area contributed by atoms with Gasteiger partial charge in [-0.2, -0.15) is 0 Å². The van der Waals surface area contributed by atoms with E-state index in [-0.39, 0.29) is 6.04 Å². The molecule has 0 aliphatic rings. The Morgan fingerprint density at radius 2 is 2.06 bits per heavy atom. The maximum Gasteiger partial charge on any atom is 0.219 e. The number of nitrogens with zero attached hydrogens (tertiary/aromatic N) is 1. The number of aromatic nitrogens is 1. The SMILES string of the molecule is Cc1ccc(Cl)c(Oc2ccc([C@@H](C)N)cn2)c1. The Kier molecular flexibility index (Phi) is 3.84. The molecule has 0 amide bonds. The standard InChI is InChI=1S/C14H15ClN2O/c1-9-3-5-12(15)13(7-9)18-14-6-4-11(8-17-14)10(2)16/h3-8,10H,16H2,1-2H3/t10-/m1/s1. The lowest BCUT2D eigenvalue weighted by Gasteiger charge is -2.09. The Labute approximate surface area is 112 Å². The minimum atomic E-state index is -0.0332. The van der Waals surface area contributed by atoms with Crippen LogP contribution in [0.15, 0.2) is 36.5 Å². The Hall–Kier alpha value is -1.58. The summed E-state index contributed by atoms with van der Waals surface area (Å²) in [6.45, 7) is 3.89. The van der Waals surface area contributed by atoms with Gasteiger partial charge < -0.3 is 10.5 Å². The second-order valence-electron chi connectivity index (χ2n) is 4.25. The van der Waals surface area contributed by atoms with E-state index in [2.05, 4.69) is 4.98 Å². The van der Waals surface area contributed by atoms with E-state index in [0.717, 1.165) is 11.1 Å². The summed E-state index contributed by atoms with van der Waals surface area (Å²) in [6.07, 6.45) is 1.71. The van der Waals surface area contributed by atoms with Crippen LogP contribution in [0, 0.1) is 6.92 Å². The van der Waals surface area contributed by atoms with Crippen LogP contribution in [-0.2, 0) is 0 Å². The third-order valence-electron chi connectivity index (χ3n) is 2.59. The third-order valence-corrected chi connectivity index (χ3v) is 2.90. The van der Waals surface area contributed by atoms with E-state index in [1.807, 2.05) is 38.1 Å². The maximum atomic E-state index is 6.06. The summed E-state index contributed by atoms with van der Waals surface area (Å²) >= 11 is 6.06. The highest BCUT2D eigenvalue weighted by molar-refractivity contribution is 6.32. The summed E-state index contributed by atoms with van der Waals surface area (Å²) in [7, 11) is 0. The Morgan fingerprint density at radius 3 is 2.67 bits per heavy atom. The van der Waals surface area contributed by atoms with Crippen molar-refractivity contribution in [3.8, 4) is 11.6 Å². The van der Waals surface area contributed by atoms with Crippen molar-refractivity contribution in [1.82, 2.24) is 4.98 Å². The number of halogens is 1. The minimum absolute atomic E-state index is 0.0332. The normalized spacial score (nSPS) is 12.2. The van der Waals surface area contributed by atoms with E-state index >= 15 is 0 Å². The molecule has 1 atom stereocenters. The second kappa shape index (κ2) is 5.38. The molecule has 2 N–H and O–H groups in total. The van der Waals surface area contributed by atoms with Gasteiger partial charge in [0.2, 0.25) is 5.88 Å². The van der Waals surface area contributed by atoms with Crippen molar-refractivity contribution < 1.29 is 4.74 Å². The van der Waals surface area contributed by atoms with E-state index in [1.165, 1.54) is 0 Å². The molecule has 0 fully saturated rings. The zero-order valence-electron chi connectivity index (χ0n) is 10.4. The number of ether oxygens (including phenoxy) is 1. The topological polar surface area (TPSA) is 48.1 Å². The smallest absolute Gasteiger partial charge is 0.219 e. The van der Waals surface area contributed by atoms with Crippen molar-refractivity contribution in [2.45, 2.75) is 19.9 Å². The van der Waals surface area contributed by atoms with Gasteiger partial charge in [-0.25, -0.2) is 4.98 Å². The molecule has 0 aliphatic heterocycles. The molecule has 0 spiro atoms. The number of aryl methyl sites for hydroxylation is 1. The van der Waals surface area contributed by atoms with Gasteiger partial charge in [0, 0.05) is 18.3 Å². The Morgan fingerprint density at radius 1 is 1.28 bits per heavy atom. The highest BCUT2D eigenvalue weighted by Crippen LogP contribution is 2.29. The molecule has 0 saturated carbocycles. The molecule has 1 aromatic carbocycles. The summed E-state index contributed by atoms with van der Waals surface area (Å²) in [5, 5.41) is 0.568. The van der Waals surface area contributed by atoms with Crippen LogP contribution in [0.25, 0.3) is 0 Å². The molecule has 3 nitrogen and oxygen atoms in total. The van der Waals surface area contributed by atoms with Gasteiger partial charge in [0.25, 0.3) is 0 Å². The van der Waals surface area contributed by atoms with Gasteiger partial charge in [-0.3, -0.25) is 0 Å². The number of hydrogen-bond donors (Lipinski definition) is 1. The fourth-order valence-electron chi connectivity index (χ4n) is 1.52. The lowest BCUT2D eigenvalue weighted by molar-refractivity contribution is 0.462. The molecule has 4 heteroatoms. The van der Waals surface area contributed by atoms with Crippen LogP contribution < -0.4 is 10.5 Å². The van der Waals surface area contributed by atoms with Crippen LogP contribution in [0.3, 0.4) is 0 Å². The Balaban J connectivity index is 2.21. The van der Waals surface area contributed by atoms with Crippen molar-refractivity contribution in [1.29, 1.82) is 0 Å². The molecule has 2 aromatic rings. The fraction of sp³-hybridized carbons (Fsp3) is 0.214. The number of pyridine rings is 1. The van der Waals surface area contributed by atoms with Gasteiger partial charge >= 0.3 is 0 Å². The zero-order chi connectivity index (χ0) is 13.1. The van der Waals surface area contributed by atoms with Crippen LogP contribution in [0.2, 0.25) is 5.02 Å².